The molecule has 10 heteroatoms. The van der Waals surface area contributed by atoms with Gasteiger partial charge in [-0.25, -0.2) is 4.98 Å². The molecular formula is C24H30ClN3O5S. The zero-order chi connectivity index (χ0) is 24.8. The number of likely N-dealkylation sites (N-methyl/N-ethyl adjacent to an activating group) is 1. The van der Waals surface area contributed by atoms with Crippen molar-refractivity contribution < 1.29 is 23.7 Å². The SMILES string of the molecule is CCN(CC)CCN(C(=O)c1cc(OC)c(OC)c(OC)c1)c1nc2c(OC)ccc(Cl)c2s1. The van der Waals surface area contributed by atoms with Crippen LogP contribution in [-0.4, -0.2) is 70.4 Å². The van der Waals surface area contributed by atoms with Gasteiger partial charge in [0.1, 0.15) is 11.3 Å². The molecular weight excluding hydrogens is 478 g/mol. The number of ether oxygens (including phenoxy) is 4. The molecule has 0 aliphatic rings. The van der Waals surface area contributed by atoms with Crippen molar-refractivity contribution in [2.45, 2.75) is 13.8 Å². The molecule has 0 aliphatic heterocycles. The van der Waals surface area contributed by atoms with E-state index in [-0.39, 0.29) is 5.91 Å². The van der Waals surface area contributed by atoms with Gasteiger partial charge in [-0.2, -0.15) is 0 Å². The highest BCUT2D eigenvalue weighted by atomic mass is 35.5. The molecule has 2 aromatic carbocycles. The Labute approximate surface area is 208 Å². The van der Waals surface area contributed by atoms with Gasteiger partial charge in [-0.3, -0.25) is 9.69 Å². The third kappa shape index (κ3) is 5.16. The van der Waals surface area contributed by atoms with E-state index < -0.39 is 0 Å². The molecule has 0 saturated carbocycles. The van der Waals surface area contributed by atoms with Gasteiger partial charge in [-0.05, 0) is 37.4 Å². The zero-order valence-corrected chi connectivity index (χ0v) is 21.9. The van der Waals surface area contributed by atoms with Gasteiger partial charge in [0.15, 0.2) is 16.6 Å². The Morgan fingerprint density at radius 1 is 0.941 bits per heavy atom. The molecule has 0 saturated heterocycles. The lowest BCUT2D eigenvalue weighted by atomic mass is 10.1. The van der Waals surface area contributed by atoms with Crippen molar-refractivity contribution in [3.63, 3.8) is 0 Å². The first-order valence-electron chi connectivity index (χ1n) is 10.9. The van der Waals surface area contributed by atoms with Crippen LogP contribution in [0, 0.1) is 0 Å². The molecule has 0 spiro atoms. The van der Waals surface area contributed by atoms with E-state index in [4.69, 9.17) is 35.5 Å². The fourth-order valence-electron chi connectivity index (χ4n) is 3.65. The molecule has 3 aromatic rings. The molecule has 1 amide bonds. The smallest absolute Gasteiger partial charge is 0.260 e. The lowest BCUT2D eigenvalue weighted by Gasteiger charge is -2.25. The van der Waals surface area contributed by atoms with Crippen molar-refractivity contribution >= 4 is 44.2 Å². The molecule has 0 fully saturated rings. The van der Waals surface area contributed by atoms with Crippen LogP contribution in [-0.2, 0) is 0 Å². The summed E-state index contributed by atoms with van der Waals surface area (Å²) in [5.74, 6) is 1.60. The molecule has 0 radical (unpaired) electrons. The van der Waals surface area contributed by atoms with Crippen molar-refractivity contribution in [2.24, 2.45) is 0 Å². The number of benzene rings is 2. The lowest BCUT2D eigenvalue weighted by Crippen LogP contribution is -2.38. The number of fused-ring (bicyclic) bond motifs is 1. The summed E-state index contributed by atoms with van der Waals surface area (Å²) >= 11 is 7.80. The molecule has 1 heterocycles. The fraction of sp³-hybridized carbons (Fsp3) is 0.417. The molecule has 0 unspecified atom stereocenters. The molecule has 0 aliphatic carbocycles. The van der Waals surface area contributed by atoms with Crippen LogP contribution in [0.4, 0.5) is 5.13 Å². The monoisotopic (exact) mass is 507 g/mol. The van der Waals surface area contributed by atoms with Crippen LogP contribution in [0.5, 0.6) is 23.0 Å². The normalized spacial score (nSPS) is 11.1. The Bertz CT molecular complexity index is 1120. The third-order valence-electron chi connectivity index (χ3n) is 5.59. The number of carbonyl (C=O) groups is 1. The number of nitrogens with zero attached hydrogens (tertiary/aromatic N) is 3. The van der Waals surface area contributed by atoms with Gasteiger partial charge in [0.25, 0.3) is 5.91 Å². The number of hydrogen-bond donors (Lipinski definition) is 0. The Hall–Kier alpha value is -2.75. The van der Waals surface area contributed by atoms with E-state index in [1.807, 2.05) is 0 Å². The maximum absolute atomic E-state index is 13.8. The number of hydrogen-bond acceptors (Lipinski definition) is 8. The predicted molar refractivity (Wildman–Crippen MR) is 137 cm³/mol. The molecule has 184 valence electrons. The summed E-state index contributed by atoms with van der Waals surface area (Å²) in [6.45, 7) is 7.07. The second-order valence-electron chi connectivity index (χ2n) is 7.32. The maximum Gasteiger partial charge on any atom is 0.260 e. The maximum atomic E-state index is 13.8. The minimum absolute atomic E-state index is 0.236. The number of amides is 1. The summed E-state index contributed by atoms with van der Waals surface area (Å²) in [7, 11) is 6.15. The summed E-state index contributed by atoms with van der Waals surface area (Å²) in [5.41, 5.74) is 1.02. The predicted octanol–water partition coefficient (Wildman–Crippen LogP) is 4.97. The molecule has 1 aromatic heterocycles. The Kier molecular flexibility index (Phi) is 8.82. The molecule has 0 N–H and O–H groups in total. The van der Waals surface area contributed by atoms with E-state index in [0.717, 1.165) is 17.8 Å². The molecule has 34 heavy (non-hydrogen) atoms. The standard InChI is InChI=1S/C24H30ClN3O5S/c1-7-27(8-2)11-12-28(24-26-20-17(30-3)10-9-16(25)22(20)34-24)23(29)15-13-18(31-4)21(33-6)19(14-15)32-5/h9-10,13-14H,7-8,11-12H2,1-6H3. The Morgan fingerprint density at radius 2 is 1.56 bits per heavy atom. The van der Waals surface area contributed by atoms with Crippen LogP contribution in [0.1, 0.15) is 24.2 Å². The summed E-state index contributed by atoms with van der Waals surface area (Å²) in [6.07, 6.45) is 0. The number of anilines is 1. The van der Waals surface area contributed by atoms with Crippen molar-refractivity contribution in [1.82, 2.24) is 9.88 Å². The van der Waals surface area contributed by atoms with Crippen molar-refractivity contribution in [3.05, 3.63) is 34.9 Å². The summed E-state index contributed by atoms with van der Waals surface area (Å²) in [4.78, 5) is 22.5. The number of carbonyl (C=O) groups excluding carboxylic acids is 1. The van der Waals surface area contributed by atoms with E-state index in [0.29, 0.717) is 57.3 Å². The van der Waals surface area contributed by atoms with Crippen molar-refractivity contribution in [1.29, 1.82) is 0 Å². The van der Waals surface area contributed by atoms with Gasteiger partial charge < -0.3 is 23.8 Å². The second-order valence-corrected chi connectivity index (χ2v) is 8.71. The summed E-state index contributed by atoms with van der Waals surface area (Å²) in [6, 6.07) is 6.84. The van der Waals surface area contributed by atoms with Gasteiger partial charge in [0.2, 0.25) is 5.75 Å². The first kappa shape index (κ1) is 25.9. The lowest BCUT2D eigenvalue weighted by molar-refractivity contribution is 0.0983. The van der Waals surface area contributed by atoms with Gasteiger partial charge in [-0.15, -0.1) is 0 Å². The minimum Gasteiger partial charge on any atom is -0.494 e. The van der Waals surface area contributed by atoms with Crippen LogP contribution in [0.3, 0.4) is 0 Å². The van der Waals surface area contributed by atoms with Crippen LogP contribution in [0.25, 0.3) is 10.2 Å². The van der Waals surface area contributed by atoms with E-state index in [9.17, 15) is 4.79 Å². The Balaban J connectivity index is 2.11. The number of methoxy groups -OCH3 is 4. The van der Waals surface area contributed by atoms with Crippen molar-refractivity contribution in [2.75, 3.05) is 59.5 Å². The quantitative estimate of drug-likeness (QED) is 0.362. The highest BCUT2D eigenvalue weighted by Crippen LogP contribution is 2.41. The fourth-order valence-corrected chi connectivity index (χ4v) is 4.93. The largest absolute Gasteiger partial charge is 0.494 e. The van der Waals surface area contributed by atoms with E-state index >= 15 is 0 Å². The first-order valence-corrected chi connectivity index (χ1v) is 12.1. The number of aromatic nitrogens is 1. The summed E-state index contributed by atoms with van der Waals surface area (Å²) < 4.78 is 22.5. The Morgan fingerprint density at radius 3 is 2.09 bits per heavy atom. The topological polar surface area (TPSA) is 73.4 Å². The number of rotatable bonds is 11. The molecule has 3 rings (SSSR count). The molecule has 0 bridgehead atoms. The third-order valence-corrected chi connectivity index (χ3v) is 7.13. The van der Waals surface area contributed by atoms with Gasteiger partial charge in [0.05, 0.1) is 38.2 Å². The second kappa shape index (κ2) is 11.6. The van der Waals surface area contributed by atoms with Crippen LogP contribution >= 0.6 is 22.9 Å². The molecule has 0 atom stereocenters. The van der Waals surface area contributed by atoms with E-state index in [1.54, 1.807) is 36.3 Å². The number of halogens is 1. The van der Waals surface area contributed by atoms with Crippen LogP contribution in [0.2, 0.25) is 5.02 Å². The number of thiazole rings is 1. The van der Waals surface area contributed by atoms with Crippen molar-refractivity contribution in [3.8, 4) is 23.0 Å². The highest BCUT2D eigenvalue weighted by Gasteiger charge is 2.26. The van der Waals surface area contributed by atoms with Crippen LogP contribution < -0.4 is 23.8 Å². The van der Waals surface area contributed by atoms with Gasteiger partial charge in [-0.1, -0.05) is 36.8 Å². The zero-order valence-electron chi connectivity index (χ0n) is 20.3. The summed E-state index contributed by atoms with van der Waals surface area (Å²) in [5, 5.41) is 1.09. The highest BCUT2D eigenvalue weighted by molar-refractivity contribution is 7.23. The molecule has 8 nitrogen and oxygen atoms in total. The van der Waals surface area contributed by atoms with E-state index in [1.165, 1.54) is 32.7 Å². The first-order chi connectivity index (χ1) is 16.4. The van der Waals surface area contributed by atoms with Gasteiger partial charge >= 0.3 is 0 Å². The minimum atomic E-state index is -0.236. The average Bonchev–Trinajstić information content (AvgIpc) is 3.31. The van der Waals surface area contributed by atoms with Crippen LogP contribution in [0.15, 0.2) is 24.3 Å². The average molecular weight is 508 g/mol. The van der Waals surface area contributed by atoms with Gasteiger partial charge in [0, 0.05) is 18.7 Å². The van der Waals surface area contributed by atoms with E-state index in [2.05, 4.69) is 18.7 Å².